The Hall–Kier alpha value is -3.19. The van der Waals surface area contributed by atoms with E-state index in [0.717, 1.165) is 42.5 Å². The third kappa shape index (κ3) is 4.52. The van der Waals surface area contributed by atoms with E-state index in [-0.39, 0.29) is 5.91 Å². The summed E-state index contributed by atoms with van der Waals surface area (Å²) in [5.41, 5.74) is 2.31. The molecule has 4 rings (SSSR count). The molecular formula is C23H25N3O4. The van der Waals surface area contributed by atoms with Gasteiger partial charge in [-0.3, -0.25) is 9.78 Å². The quantitative estimate of drug-likeness (QED) is 0.605. The van der Waals surface area contributed by atoms with E-state index in [0.29, 0.717) is 36.3 Å². The Balaban J connectivity index is 1.45. The number of amides is 1. The molecule has 7 heteroatoms. The molecule has 3 aromatic rings. The summed E-state index contributed by atoms with van der Waals surface area (Å²) in [7, 11) is 1.60. The highest BCUT2D eigenvalue weighted by molar-refractivity contribution is 5.96. The molecule has 1 N–H and O–H groups in total. The van der Waals surface area contributed by atoms with Crippen LogP contribution in [-0.2, 0) is 4.74 Å². The summed E-state index contributed by atoms with van der Waals surface area (Å²) >= 11 is 0. The second-order valence-corrected chi connectivity index (χ2v) is 7.13. The number of benzene rings is 1. The summed E-state index contributed by atoms with van der Waals surface area (Å²) < 4.78 is 16.5. The molecule has 30 heavy (non-hydrogen) atoms. The standard InChI is InChI=1S/C23H25N3O4/c1-28-21-4-2-3-5-22(21)30-13-10-25-23(27)20-14-17(16-7-11-29-12-8-16)18-15-24-9-6-19(18)26-20/h2-6,9,14-16H,7-8,10-13H2,1H3,(H,25,27). The molecule has 0 spiro atoms. The number of para-hydroxylation sites is 2. The van der Waals surface area contributed by atoms with Gasteiger partial charge < -0.3 is 19.5 Å². The van der Waals surface area contributed by atoms with Crippen molar-refractivity contribution in [1.82, 2.24) is 15.3 Å². The van der Waals surface area contributed by atoms with E-state index in [4.69, 9.17) is 14.2 Å². The van der Waals surface area contributed by atoms with Crippen molar-refractivity contribution >= 4 is 16.8 Å². The van der Waals surface area contributed by atoms with Gasteiger partial charge in [-0.25, -0.2) is 4.98 Å². The van der Waals surface area contributed by atoms with Crippen molar-refractivity contribution in [2.75, 3.05) is 33.5 Å². The lowest BCUT2D eigenvalue weighted by molar-refractivity contribution is 0.0855. The van der Waals surface area contributed by atoms with Crippen molar-refractivity contribution in [3.05, 3.63) is 60.0 Å². The van der Waals surface area contributed by atoms with Crippen LogP contribution in [0.15, 0.2) is 48.8 Å². The molecule has 0 radical (unpaired) electrons. The van der Waals surface area contributed by atoms with Crippen LogP contribution in [0.3, 0.4) is 0 Å². The van der Waals surface area contributed by atoms with Crippen LogP contribution in [0.25, 0.3) is 10.9 Å². The minimum atomic E-state index is -0.217. The number of fused-ring (bicyclic) bond motifs is 1. The lowest BCUT2D eigenvalue weighted by atomic mass is 9.89. The Labute approximate surface area is 175 Å². The highest BCUT2D eigenvalue weighted by Gasteiger charge is 2.21. The number of aromatic nitrogens is 2. The molecule has 1 aliphatic heterocycles. The number of nitrogens with zero attached hydrogens (tertiary/aromatic N) is 2. The molecule has 3 heterocycles. The van der Waals surface area contributed by atoms with Crippen molar-refractivity contribution in [1.29, 1.82) is 0 Å². The maximum atomic E-state index is 12.8. The fourth-order valence-corrected chi connectivity index (χ4v) is 3.71. The summed E-state index contributed by atoms with van der Waals surface area (Å²) in [6.45, 7) is 2.16. The number of hydrogen-bond donors (Lipinski definition) is 1. The minimum absolute atomic E-state index is 0.217. The number of rotatable bonds is 7. The van der Waals surface area contributed by atoms with Gasteiger partial charge in [0.2, 0.25) is 0 Å². The fourth-order valence-electron chi connectivity index (χ4n) is 3.71. The van der Waals surface area contributed by atoms with E-state index >= 15 is 0 Å². The first-order valence-corrected chi connectivity index (χ1v) is 10.1. The summed E-state index contributed by atoms with van der Waals surface area (Å²) in [5, 5.41) is 3.89. The first kappa shape index (κ1) is 20.1. The predicted octanol–water partition coefficient (Wildman–Crippen LogP) is 3.34. The number of carbonyl (C=O) groups excluding carboxylic acids is 1. The maximum absolute atomic E-state index is 12.8. The van der Waals surface area contributed by atoms with Gasteiger partial charge in [-0.05, 0) is 48.6 Å². The van der Waals surface area contributed by atoms with E-state index < -0.39 is 0 Å². The van der Waals surface area contributed by atoms with Crippen LogP contribution >= 0.6 is 0 Å². The zero-order chi connectivity index (χ0) is 20.8. The highest BCUT2D eigenvalue weighted by Crippen LogP contribution is 2.32. The summed E-state index contributed by atoms with van der Waals surface area (Å²) in [6, 6.07) is 11.2. The van der Waals surface area contributed by atoms with Crippen LogP contribution in [0.4, 0.5) is 0 Å². The fraction of sp³-hybridized carbons (Fsp3) is 0.348. The SMILES string of the molecule is COc1ccccc1OCCNC(=O)c1cc(C2CCOCC2)c2cnccc2n1. The molecule has 1 aliphatic rings. The molecule has 1 saturated heterocycles. The number of methoxy groups -OCH3 is 1. The smallest absolute Gasteiger partial charge is 0.270 e. The van der Waals surface area contributed by atoms with E-state index in [2.05, 4.69) is 15.3 Å². The second-order valence-electron chi connectivity index (χ2n) is 7.13. The van der Waals surface area contributed by atoms with Gasteiger partial charge in [-0.2, -0.15) is 0 Å². The van der Waals surface area contributed by atoms with Crippen molar-refractivity contribution in [3.8, 4) is 11.5 Å². The van der Waals surface area contributed by atoms with E-state index in [9.17, 15) is 4.79 Å². The van der Waals surface area contributed by atoms with E-state index in [1.165, 1.54) is 0 Å². The molecule has 0 bridgehead atoms. The number of carbonyl (C=O) groups is 1. The Kier molecular flexibility index (Phi) is 6.39. The average molecular weight is 407 g/mol. The zero-order valence-corrected chi connectivity index (χ0v) is 17.0. The zero-order valence-electron chi connectivity index (χ0n) is 17.0. The summed E-state index contributed by atoms with van der Waals surface area (Å²) in [5.74, 6) is 1.43. The third-order valence-electron chi connectivity index (χ3n) is 5.25. The Morgan fingerprint density at radius 3 is 2.80 bits per heavy atom. The monoisotopic (exact) mass is 407 g/mol. The van der Waals surface area contributed by atoms with Crippen LogP contribution < -0.4 is 14.8 Å². The number of hydrogen-bond acceptors (Lipinski definition) is 6. The predicted molar refractivity (Wildman–Crippen MR) is 113 cm³/mol. The molecule has 0 saturated carbocycles. The van der Waals surface area contributed by atoms with Crippen molar-refractivity contribution in [3.63, 3.8) is 0 Å². The molecule has 0 aliphatic carbocycles. The van der Waals surface area contributed by atoms with Gasteiger partial charge in [-0.1, -0.05) is 12.1 Å². The third-order valence-corrected chi connectivity index (χ3v) is 5.25. The molecule has 2 aromatic heterocycles. The Morgan fingerprint density at radius 1 is 1.20 bits per heavy atom. The normalized spacial score (nSPS) is 14.4. The topological polar surface area (TPSA) is 82.6 Å². The Morgan fingerprint density at radius 2 is 2.00 bits per heavy atom. The Bertz CT molecular complexity index is 1020. The number of pyridine rings is 2. The summed E-state index contributed by atoms with van der Waals surface area (Å²) in [6.07, 6.45) is 5.39. The largest absolute Gasteiger partial charge is 0.493 e. The van der Waals surface area contributed by atoms with Gasteiger partial charge in [-0.15, -0.1) is 0 Å². The lowest BCUT2D eigenvalue weighted by Gasteiger charge is -2.24. The highest BCUT2D eigenvalue weighted by atomic mass is 16.5. The van der Waals surface area contributed by atoms with Crippen LogP contribution in [0.5, 0.6) is 11.5 Å². The molecule has 1 fully saturated rings. The van der Waals surface area contributed by atoms with Gasteiger partial charge in [0.05, 0.1) is 19.2 Å². The van der Waals surface area contributed by atoms with Gasteiger partial charge in [0.1, 0.15) is 12.3 Å². The molecular weight excluding hydrogens is 382 g/mol. The van der Waals surface area contributed by atoms with Gasteiger partial charge in [0, 0.05) is 31.0 Å². The van der Waals surface area contributed by atoms with Crippen LogP contribution in [0.2, 0.25) is 0 Å². The lowest BCUT2D eigenvalue weighted by Crippen LogP contribution is -2.29. The van der Waals surface area contributed by atoms with Gasteiger partial charge in [0.25, 0.3) is 5.91 Å². The van der Waals surface area contributed by atoms with Crippen LogP contribution in [-0.4, -0.2) is 49.4 Å². The van der Waals surface area contributed by atoms with E-state index in [1.807, 2.05) is 42.6 Å². The molecule has 7 nitrogen and oxygen atoms in total. The first-order valence-electron chi connectivity index (χ1n) is 10.1. The number of ether oxygens (including phenoxy) is 3. The van der Waals surface area contributed by atoms with Crippen molar-refractivity contribution in [2.45, 2.75) is 18.8 Å². The number of nitrogens with one attached hydrogen (secondary N) is 1. The minimum Gasteiger partial charge on any atom is -0.493 e. The van der Waals surface area contributed by atoms with Gasteiger partial charge >= 0.3 is 0 Å². The molecule has 0 atom stereocenters. The van der Waals surface area contributed by atoms with Crippen LogP contribution in [0, 0.1) is 0 Å². The van der Waals surface area contributed by atoms with Crippen LogP contribution in [0.1, 0.15) is 34.8 Å². The van der Waals surface area contributed by atoms with Gasteiger partial charge in [0.15, 0.2) is 11.5 Å². The average Bonchev–Trinajstić information content (AvgIpc) is 2.81. The summed E-state index contributed by atoms with van der Waals surface area (Å²) in [4.78, 5) is 21.6. The maximum Gasteiger partial charge on any atom is 0.270 e. The molecule has 156 valence electrons. The van der Waals surface area contributed by atoms with Crippen molar-refractivity contribution in [2.24, 2.45) is 0 Å². The van der Waals surface area contributed by atoms with Crippen molar-refractivity contribution < 1.29 is 19.0 Å². The molecule has 1 aromatic carbocycles. The molecule has 1 amide bonds. The molecule has 0 unspecified atom stereocenters. The van der Waals surface area contributed by atoms with E-state index in [1.54, 1.807) is 13.3 Å². The second kappa shape index (κ2) is 9.54. The first-order chi connectivity index (χ1) is 14.8.